The molecule has 1 aromatic rings. The summed E-state index contributed by atoms with van der Waals surface area (Å²) < 4.78 is 5.27. The highest BCUT2D eigenvalue weighted by atomic mass is 35.5. The van der Waals surface area contributed by atoms with Crippen LogP contribution in [-0.2, 0) is 11.2 Å². The number of carbonyl (C=O) groups is 1. The predicted molar refractivity (Wildman–Crippen MR) is 75.8 cm³/mol. The first-order valence-electron chi connectivity index (χ1n) is 6.43. The van der Waals surface area contributed by atoms with Crippen LogP contribution in [0.15, 0.2) is 18.2 Å². The Morgan fingerprint density at radius 2 is 2.37 bits per heavy atom. The zero-order valence-corrected chi connectivity index (χ0v) is 12.0. The molecule has 1 saturated heterocycles. The smallest absolute Gasteiger partial charge is 0.227 e. The summed E-state index contributed by atoms with van der Waals surface area (Å²) in [5.41, 5.74) is 0.839. The summed E-state index contributed by atoms with van der Waals surface area (Å²) in [6, 6.07) is 5.70. The topological polar surface area (TPSA) is 41.6 Å². The lowest BCUT2D eigenvalue weighted by Crippen LogP contribution is -2.51. The van der Waals surface area contributed by atoms with E-state index in [1.54, 1.807) is 25.3 Å². The van der Waals surface area contributed by atoms with Crippen molar-refractivity contribution in [3.05, 3.63) is 28.8 Å². The van der Waals surface area contributed by atoms with E-state index in [9.17, 15) is 4.79 Å². The van der Waals surface area contributed by atoms with Crippen LogP contribution in [0, 0.1) is 0 Å². The quantitative estimate of drug-likeness (QED) is 0.918. The zero-order chi connectivity index (χ0) is 13.8. The molecule has 1 aliphatic heterocycles. The van der Waals surface area contributed by atoms with Crippen molar-refractivity contribution in [2.75, 3.05) is 26.7 Å². The molecular formula is C14H19ClN2O2. The van der Waals surface area contributed by atoms with Gasteiger partial charge >= 0.3 is 0 Å². The second-order valence-corrected chi connectivity index (χ2v) is 5.26. The largest absolute Gasteiger partial charge is 0.496 e. The summed E-state index contributed by atoms with van der Waals surface area (Å²) in [5, 5.41) is 3.95. The molecule has 1 N–H and O–H groups in total. The molecule has 0 unspecified atom stereocenters. The molecule has 1 amide bonds. The van der Waals surface area contributed by atoms with Crippen molar-refractivity contribution >= 4 is 17.5 Å². The van der Waals surface area contributed by atoms with Gasteiger partial charge in [-0.15, -0.1) is 0 Å². The van der Waals surface area contributed by atoms with Crippen LogP contribution in [0.3, 0.4) is 0 Å². The van der Waals surface area contributed by atoms with E-state index in [0.717, 1.165) is 25.2 Å². The Morgan fingerprint density at radius 3 is 3.05 bits per heavy atom. The monoisotopic (exact) mass is 282 g/mol. The van der Waals surface area contributed by atoms with E-state index >= 15 is 0 Å². The van der Waals surface area contributed by atoms with E-state index in [2.05, 4.69) is 12.2 Å². The van der Waals surface area contributed by atoms with E-state index in [4.69, 9.17) is 16.3 Å². The third kappa shape index (κ3) is 3.61. The van der Waals surface area contributed by atoms with Gasteiger partial charge in [-0.1, -0.05) is 11.6 Å². The van der Waals surface area contributed by atoms with Crippen LogP contribution >= 0.6 is 11.6 Å². The zero-order valence-electron chi connectivity index (χ0n) is 11.3. The van der Waals surface area contributed by atoms with Crippen LogP contribution in [0.25, 0.3) is 0 Å². The molecular weight excluding hydrogens is 264 g/mol. The second-order valence-electron chi connectivity index (χ2n) is 4.83. The molecule has 1 atom stereocenters. The minimum absolute atomic E-state index is 0.119. The van der Waals surface area contributed by atoms with E-state index in [0.29, 0.717) is 23.2 Å². The maximum Gasteiger partial charge on any atom is 0.227 e. The third-order valence-corrected chi connectivity index (χ3v) is 3.54. The minimum Gasteiger partial charge on any atom is -0.496 e. The summed E-state index contributed by atoms with van der Waals surface area (Å²) in [5.74, 6) is 0.829. The lowest BCUT2D eigenvalue weighted by molar-refractivity contribution is -0.131. The summed E-state index contributed by atoms with van der Waals surface area (Å²) in [6.45, 7) is 4.44. The van der Waals surface area contributed by atoms with Gasteiger partial charge in [0.1, 0.15) is 5.75 Å². The standard InChI is InChI=1S/C14H19ClN2O2/c1-10-9-17(6-5-16-10)14(18)8-11-7-12(15)3-4-13(11)19-2/h3-4,7,10,16H,5-6,8-9H2,1-2H3/t10-/m0/s1. The Balaban J connectivity index is 2.07. The van der Waals surface area contributed by atoms with Crippen molar-refractivity contribution in [2.24, 2.45) is 0 Å². The Bertz CT molecular complexity index is 465. The molecule has 1 heterocycles. The highest BCUT2D eigenvalue weighted by molar-refractivity contribution is 6.30. The second kappa shape index (κ2) is 6.26. The molecule has 1 fully saturated rings. The first-order valence-corrected chi connectivity index (χ1v) is 6.81. The number of ether oxygens (including phenoxy) is 1. The Kier molecular flexibility index (Phi) is 4.66. The lowest BCUT2D eigenvalue weighted by Gasteiger charge is -2.32. The van der Waals surface area contributed by atoms with Gasteiger partial charge in [0.25, 0.3) is 0 Å². The van der Waals surface area contributed by atoms with Crippen molar-refractivity contribution in [3.8, 4) is 5.75 Å². The van der Waals surface area contributed by atoms with Crippen LogP contribution < -0.4 is 10.1 Å². The molecule has 2 rings (SSSR count). The van der Waals surface area contributed by atoms with E-state index in [1.165, 1.54) is 0 Å². The van der Waals surface area contributed by atoms with Crippen molar-refractivity contribution in [1.82, 2.24) is 10.2 Å². The Labute approximate surface area is 118 Å². The molecule has 0 aromatic heterocycles. The van der Waals surface area contributed by atoms with Crippen LogP contribution in [-0.4, -0.2) is 43.6 Å². The van der Waals surface area contributed by atoms with Gasteiger partial charge in [0.2, 0.25) is 5.91 Å². The maximum atomic E-state index is 12.3. The molecule has 104 valence electrons. The fourth-order valence-electron chi connectivity index (χ4n) is 2.32. The molecule has 1 aromatic carbocycles. The van der Waals surface area contributed by atoms with Crippen molar-refractivity contribution in [3.63, 3.8) is 0 Å². The van der Waals surface area contributed by atoms with Gasteiger partial charge in [-0.25, -0.2) is 0 Å². The number of piperazine rings is 1. The summed E-state index contributed by atoms with van der Waals surface area (Å²) >= 11 is 5.98. The maximum absolute atomic E-state index is 12.3. The summed E-state index contributed by atoms with van der Waals surface area (Å²) in [7, 11) is 1.60. The Morgan fingerprint density at radius 1 is 1.58 bits per heavy atom. The van der Waals surface area contributed by atoms with Crippen LogP contribution in [0.5, 0.6) is 5.75 Å². The first-order chi connectivity index (χ1) is 9.10. The van der Waals surface area contributed by atoms with E-state index < -0.39 is 0 Å². The number of halogens is 1. The number of hydrogen-bond donors (Lipinski definition) is 1. The van der Waals surface area contributed by atoms with Crippen molar-refractivity contribution in [2.45, 2.75) is 19.4 Å². The van der Waals surface area contributed by atoms with Gasteiger partial charge < -0.3 is 15.0 Å². The average Bonchev–Trinajstić information content (AvgIpc) is 2.39. The van der Waals surface area contributed by atoms with Gasteiger partial charge in [-0.3, -0.25) is 4.79 Å². The highest BCUT2D eigenvalue weighted by Gasteiger charge is 2.21. The number of rotatable bonds is 3. The molecule has 1 aliphatic rings. The van der Waals surface area contributed by atoms with E-state index in [1.807, 2.05) is 4.90 Å². The molecule has 19 heavy (non-hydrogen) atoms. The Hall–Kier alpha value is -1.26. The molecule has 0 radical (unpaired) electrons. The number of benzene rings is 1. The first kappa shape index (κ1) is 14.2. The number of nitrogens with zero attached hydrogens (tertiary/aromatic N) is 1. The van der Waals surface area contributed by atoms with Gasteiger partial charge in [0.15, 0.2) is 0 Å². The van der Waals surface area contributed by atoms with Crippen molar-refractivity contribution in [1.29, 1.82) is 0 Å². The minimum atomic E-state index is 0.119. The van der Waals surface area contributed by atoms with Gasteiger partial charge in [-0.2, -0.15) is 0 Å². The fourth-order valence-corrected chi connectivity index (χ4v) is 2.51. The van der Waals surface area contributed by atoms with Crippen LogP contribution in [0.1, 0.15) is 12.5 Å². The fraction of sp³-hybridized carbons (Fsp3) is 0.500. The van der Waals surface area contributed by atoms with Gasteiger partial charge in [-0.05, 0) is 25.1 Å². The van der Waals surface area contributed by atoms with Crippen molar-refractivity contribution < 1.29 is 9.53 Å². The molecule has 0 bridgehead atoms. The van der Waals surface area contributed by atoms with Gasteiger partial charge in [0, 0.05) is 36.3 Å². The number of amides is 1. The normalized spacial score (nSPS) is 19.3. The van der Waals surface area contributed by atoms with E-state index in [-0.39, 0.29) is 5.91 Å². The average molecular weight is 283 g/mol. The van der Waals surface area contributed by atoms with Gasteiger partial charge in [0.05, 0.1) is 13.5 Å². The lowest BCUT2D eigenvalue weighted by atomic mass is 10.1. The molecule has 0 aliphatic carbocycles. The third-order valence-electron chi connectivity index (χ3n) is 3.31. The number of nitrogens with one attached hydrogen (secondary N) is 1. The molecule has 4 nitrogen and oxygen atoms in total. The van der Waals surface area contributed by atoms with Crippen LogP contribution in [0.2, 0.25) is 5.02 Å². The predicted octanol–water partition coefficient (Wildman–Crippen LogP) is 1.71. The number of methoxy groups -OCH3 is 1. The summed E-state index contributed by atoms with van der Waals surface area (Å²) in [4.78, 5) is 14.2. The molecule has 5 heteroatoms. The number of hydrogen-bond acceptors (Lipinski definition) is 3. The molecule has 0 spiro atoms. The molecule has 0 saturated carbocycles. The van der Waals surface area contributed by atoms with Crippen LogP contribution in [0.4, 0.5) is 0 Å². The highest BCUT2D eigenvalue weighted by Crippen LogP contribution is 2.23. The summed E-state index contributed by atoms with van der Waals surface area (Å²) in [6.07, 6.45) is 0.330. The SMILES string of the molecule is COc1ccc(Cl)cc1CC(=O)N1CCN[C@@H](C)C1. The number of carbonyl (C=O) groups excluding carboxylic acids is 1.